The first kappa shape index (κ1) is 25.9. The van der Waals surface area contributed by atoms with Gasteiger partial charge in [0.1, 0.15) is 0 Å². The average molecular weight is 620 g/mol. The molecule has 0 aliphatic heterocycles. The maximum absolute atomic E-state index is 4.92. The molecule has 0 fully saturated rings. The number of rotatable bonds is 3. The molecule has 0 N–H and O–H groups in total. The van der Waals surface area contributed by atoms with Gasteiger partial charge >= 0.3 is 0 Å². The van der Waals surface area contributed by atoms with E-state index in [2.05, 4.69) is 146 Å². The van der Waals surface area contributed by atoms with Crippen LogP contribution in [0.3, 0.4) is 0 Å². The van der Waals surface area contributed by atoms with E-state index in [0.717, 1.165) is 16.8 Å². The Labute approximate surface area is 273 Å². The van der Waals surface area contributed by atoms with E-state index in [9.17, 15) is 0 Å². The molecule has 10 aromatic rings. The first-order chi connectivity index (χ1) is 22.7. The van der Waals surface area contributed by atoms with Crippen LogP contribution in [0.1, 0.15) is 0 Å². The lowest BCUT2D eigenvalue weighted by atomic mass is 9.98. The molecule has 0 bridgehead atoms. The lowest BCUT2D eigenvalue weighted by Gasteiger charge is -2.08. The Balaban J connectivity index is 0.983. The molecule has 7 aromatic carbocycles. The summed E-state index contributed by atoms with van der Waals surface area (Å²) in [7, 11) is 0. The van der Waals surface area contributed by atoms with E-state index in [1.165, 1.54) is 78.6 Å². The summed E-state index contributed by atoms with van der Waals surface area (Å²) in [5.41, 5.74) is 6.91. The van der Waals surface area contributed by atoms with Crippen molar-refractivity contribution in [3.8, 4) is 33.5 Å². The number of benzene rings is 7. The van der Waals surface area contributed by atoms with Crippen LogP contribution in [-0.4, -0.2) is 4.98 Å². The van der Waals surface area contributed by atoms with Gasteiger partial charge in [-0.3, -0.25) is 4.98 Å². The topological polar surface area (TPSA) is 12.9 Å². The molecule has 0 atom stereocenters. The number of fused-ring (bicyclic) bond motifs is 8. The molecule has 10 rings (SSSR count). The molecule has 0 saturated heterocycles. The first-order valence-corrected chi connectivity index (χ1v) is 17.1. The Morgan fingerprint density at radius 2 is 0.848 bits per heavy atom. The van der Waals surface area contributed by atoms with Gasteiger partial charge in [-0.1, -0.05) is 97.1 Å². The van der Waals surface area contributed by atoms with E-state index < -0.39 is 0 Å². The third kappa shape index (κ3) is 4.17. The lowest BCUT2D eigenvalue weighted by Crippen LogP contribution is -1.86. The van der Waals surface area contributed by atoms with Crippen molar-refractivity contribution in [3.05, 3.63) is 152 Å². The van der Waals surface area contributed by atoms with Crippen LogP contribution in [0.5, 0.6) is 0 Å². The van der Waals surface area contributed by atoms with E-state index in [4.69, 9.17) is 4.98 Å². The fraction of sp³-hybridized carbons (Fsp3) is 0. The van der Waals surface area contributed by atoms with Crippen LogP contribution >= 0.6 is 22.7 Å². The van der Waals surface area contributed by atoms with Crippen molar-refractivity contribution >= 4 is 84.6 Å². The highest BCUT2D eigenvalue weighted by atomic mass is 32.1. The zero-order valence-corrected chi connectivity index (χ0v) is 26.3. The highest BCUT2D eigenvalue weighted by Gasteiger charge is 2.14. The van der Waals surface area contributed by atoms with Gasteiger partial charge in [0.15, 0.2) is 0 Å². The molecule has 0 unspecified atom stereocenters. The molecule has 0 saturated carbocycles. The standard InChI is InChI=1S/C43H25NS2/c1-2-6-26(7-3-1)29-10-11-31-19-32(13-12-30(31)18-29)35-16-17-39(44-25-35)34-15-14-33-22-38-41(24-36(33)20-34)46-42-37-21-27-8-4-5-9-28(27)23-40(37)45-43(38)42/h1-25H. The van der Waals surface area contributed by atoms with Crippen LogP contribution < -0.4 is 0 Å². The summed E-state index contributed by atoms with van der Waals surface area (Å²) in [6.07, 6.45) is 2.00. The largest absolute Gasteiger partial charge is 0.256 e. The normalized spacial score (nSPS) is 11.9. The molecule has 3 heterocycles. The van der Waals surface area contributed by atoms with Crippen LogP contribution in [0, 0.1) is 0 Å². The zero-order valence-electron chi connectivity index (χ0n) is 24.7. The Morgan fingerprint density at radius 3 is 1.50 bits per heavy atom. The van der Waals surface area contributed by atoms with Gasteiger partial charge in [0.05, 0.1) is 15.1 Å². The number of hydrogen-bond acceptors (Lipinski definition) is 3. The van der Waals surface area contributed by atoms with Gasteiger partial charge in [-0.15, -0.1) is 22.7 Å². The zero-order chi connectivity index (χ0) is 30.2. The third-order valence-electron chi connectivity index (χ3n) is 9.25. The minimum absolute atomic E-state index is 0.990. The summed E-state index contributed by atoms with van der Waals surface area (Å²) >= 11 is 3.84. The van der Waals surface area contributed by atoms with Crippen molar-refractivity contribution in [3.63, 3.8) is 0 Å². The van der Waals surface area contributed by atoms with Crippen molar-refractivity contribution in [2.45, 2.75) is 0 Å². The van der Waals surface area contributed by atoms with Gasteiger partial charge in [-0.2, -0.15) is 0 Å². The summed E-state index contributed by atoms with van der Waals surface area (Å²) in [5, 5.41) is 10.3. The van der Waals surface area contributed by atoms with Gasteiger partial charge in [0.25, 0.3) is 0 Å². The average Bonchev–Trinajstić information content (AvgIpc) is 3.64. The monoisotopic (exact) mass is 619 g/mol. The molecule has 0 aliphatic rings. The molecule has 0 amide bonds. The van der Waals surface area contributed by atoms with Gasteiger partial charge in [-0.05, 0) is 97.5 Å². The molecule has 214 valence electrons. The van der Waals surface area contributed by atoms with Crippen molar-refractivity contribution in [1.29, 1.82) is 0 Å². The number of thiophene rings is 2. The van der Waals surface area contributed by atoms with Crippen LogP contribution in [0.2, 0.25) is 0 Å². The maximum Gasteiger partial charge on any atom is 0.0702 e. The highest BCUT2D eigenvalue weighted by Crippen LogP contribution is 2.46. The number of aromatic nitrogens is 1. The van der Waals surface area contributed by atoms with Crippen molar-refractivity contribution in [1.82, 2.24) is 4.98 Å². The summed E-state index contributed by atoms with van der Waals surface area (Å²) in [6, 6.07) is 53.1. The first-order valence-electron chi connectivity index (χ1n) is 15.5. The van der Waals surface area contributed by atoms with Crippen LogP contribution in [0.15, 0.2) is 152 Å². The fourth-order valence-electron chi connectivity index (χ4n) is 6.82. The van der Waals surface area contributed by atoms with Gasteiger partial charge < -0.3 is 0 Å². The van der Waals surface area contributed by atoms with Gasteiger partial charge in [0.2, 0.25) is 0 Å². The van der Waals surface area contributed by atoms with Crippen LogP contribution in [-0.2, 0) is 0 Å². The van der Waals surface area contributed by atoms with Crippen LogP contribution in [0.4, 0.5) is 0 Å². The number of hydrogen-bond donors (Lipinski definition) is 0. The molecule has 3 heteroatoms. The number of pyridine rings is 1. The summed E-state index contributed by atoms with van der Waals surface area (Å²) in [6.45, 7) is 0. The molecule has 0 aliphatic carbocycles. The molecular formula is C43H25NS2. The predicted molar refractivity (Wildman–Crippen MR) is 201 cm³/mol. The van der Waals surface area contributed by atoms with Crippen molar-refractivity contribution < 1.29 is 0 Å². The molecule has 3 aromatic heterocycles. The second kappa shape index (κ2) is 10.1. The molecule has 0 radical (unpaired) electrons. The van der Waals surface area contributed by atoms with E-state index in [1.54, 1.807) is 0 Å². The van der Waals surface area contributed by atoms with Gasteiger partial charge in [-0.25, -0.2) is 0 Å². The summed E-state index contributed by atoms with van der Waals surface area (Å²) in [4.78, 5) is 4.92. The molecular weight excluding hydrogens is 595 g/mol. The molecule has 0 spiro atoms. The van der Waals surface area contributed by atoms with E-state index in [-0.39, 0.29) is 0 Å². The Kier molecular flexibility index (Phi) is 5.68. The Hall–Kier alpha value is -5.35. The smallest absolute Gasteiger partial charge is 0.0702 e. The molecule has 46 heavy (non-hydrogen) atoms. The van der Waals surface area contributed by atoms with Gasteiger partial charge in [0, 0.05) is 37.5 Å². The molecule has 1 nitrogen and oxygen atoms in total. The second-order valence-corrected chi connectivity index (χ2v) is 14.1. The minimum atomic E-state index is 0.990. The maximum atomic E-state index is 4.92. The van der Waals surface area contributed by atoms with E-state index in [1.807, 2.05) is 28.9 Å². The van der Waals surface area contributed by atoms with E-state index >= 15 is 0 Å². The number of nitrogens with zero attached hydrogens (tertiary/aromatic N) is 1. The minimum Gasteiger partial charge on any atom is -0.256 e. The van der Waals surface area contributed by atoms with Crippen molar-refractivity contribution in [2.24, 2.45) is 0 Å². The lowest BCUT2D eigenvalue weighted by molar-refractivity contribution is 1.33. The fourth-order valence-corrected chi connectivity index (χ4v) is 9.51. The summed E-state index contributed by atoms with van der Waals surface area (Å²) in [5.74, 6) is 0. The van der Waals surface area contributed by atoms with E-state index in [0.29, 0.717) is 0 Å². The third-order valence-corrected chi connectivity index (χ3v) is 11.7. The SMILES string of the molecule is c1ccc(-c2ccc3cc(-c4ccc(-c5ccc6cc7c(cc6c5)sc5c6cc8ccccc8cc6sc75)nc4)ccc3c2)cc1. The highest BCUT2D eigenvalue weighted by molar-refractivity contribution is 7.36. The van der Waals surface area contributed by atoms with Crippen LogP contribution in [0.25, 0.3) is 95.4 Å². The second-order valence-electron chi connectivity index (χ2n) is 12.0. The quantitative estimate of drug-likeness (QED) is 0.192. The Bertz CT molecular complexity index is 2790. The van der Waals surface area contributed by atoms with Crippen molar-refractivity contribution in [2.75, 3.05) is 0 Å². The Morgan fingerprint density at radius 1 is 0.348 bits per heavy atom. The predicted octanol–water partition coefficient (Wildman–Crippen LogP) is 13.1. The summed E-state index contributed by atoms with van der Waals surface area (Å²) < 4.78 is 5.52.